The first-order valence-electron chi connectivity index (χ1n) is 22.4. The number of fused-ring (bicyclic) bond motifs is 9. The molecule has 4 aromatic heterocycles. The molecule has 0 N–H and O–H groups in total. The van der Waals surface area contributed by atoms with E-state index in [9.17, 15) is 0 Å². The van der Waals surface area contributed by atoms with Crippen LogP contribution in [0, 0.1) is 13.8 Å². The minimum absolute atomic E-state index is 0.984. The molecule has 6 heteroatoms. The Bertz CT molecular complexity index is 3350. The molecule has 0 spiro atoms. The normalized spacial score (nSPS) is 14.0. The van der Waals surface area contributed by atoms with Crippen LogP contribution < -0.4 is 10.4 Å². The number of aromatic nitrogens is 4. The van der Waals surface area contributed by atoms with E-state index in [0.717, 1.165) is 31.4 Å². The Morgan fingerprint density at radius 3 is 1.66 bits per heavy atom. The number of rotatable bonds is 6. The number of pyridine rings is 2. The third-order valence-corrected chi connectivity index (χ3v) is 18.0. The molecule has 306 valence electrons. The van der Waals surface area contributed by atoms with E-state index in [2.05, 4.69) is 188 Å². The van der Waals surface area contributed by atoms with E-state index in [-0.39, 0.29) is 0 Å². The van der Waals surface area contributed by atoms with Gasteiger partial charge in [-0.3, -0.25) is 9.97 Å². The summed E-state index contributed by atoms with van der Waals surface area (Å²) in [6.07, 6.45) is 14.5. The number of aryl methyl sites for hydroxylation is 4. The highest BCUT2D eigenvalue weighted by molar-refractivity contribution is 6.89. The average Bonchev–Trinajstić information content (AvgIpc) is 3.75. The van der Waals surface area contributed by atoms with E-state index in [0.29, 0.717) is 0 Å². The molecule has 0 fully saturated rings. The SMILES string of the molecule is Cc1ccncc1-n1c2c(c3cc4c(cc31)-c1cc3c(cc1CC4)c1cc(-c4cccc([Si](C)(C)C)c4)ccc1n3-c1cnccc1C)C=C(c1cccc([Si](C)(C)C)c1)CC2. The summed E-state index contributed by atoms with van der Waals surface area (Å²) in [5, 5.41) is 6.93. The third kappa shape index (κ3) is 6.29. The van der Waals surface area contributed by atoms with Crippen molar-refractivity contribution in [1.29, 1.82) is 0 Å². The van der Waals surface area contributed by atoms with Crippen LogP contribution in [-0.2, 0) is 19.3 Å². The average molecular weight is 839 g/mol. The van der Waals surface area contributed by atoms with Crippen molar-refractivity contribution in [3.05, 3.63) is 167 Å². The molecule has 9 aromatic rings. The van der Waals surface area contributed by atoms with Crippen LogP contribution in [0.4, 0.5) is 0 Å². The van der Waals surface area contributed by atoms with Gasteiger partial charge in [0.25, 0.3) is 0 Å². The lowest BCUT2D eigenvalue weighted by molar-refractivity contribution is 0.889. The fourth-order valence-electron chi connectivity index (χ4n) is 10.3. The van der Waals surface area contributed by atoms with Gasteiger partial charge in [-0.05, 0) is 150 Å². The summed E-state index contributed by atoms with van der Waals surface area (Å²) in [6.45, 7) is 19.0. The monoisotopic (exact) mass is 838 g/mol. The van der Waals surface area contributed by atoms with Crippen molar-refractivity contribution < 1.29 is 0 Å². The highest BCUT2D eigenvalue weighted by Gasteiger charge is 2.28. The third-order valence-electron chi connectivity index (χ3n) is 13.9. The van der Waals surface area contributed by atoms with Crippen LogP contribution in [-0.4, -0.2) is 35.2 Å². The minimum Gasteiger partial charge on any atom is -0.311 e. The summed E-state index contributed by atoms with van der Waals surface area (Å²) in [6, 6.07) is 40.1. The lowest BCUT2D eigenvalue weighted by atomic mass is 9.83. The smallest absolute Gasteiger partial charge is 0.0776 e. The molecular formula is C56H54N4Si2. The summed E-state index contributed by atoms with van der Waals surface area (Å²) in [4.78, 5) is 9.34. The standard InChI is InChI=1S/C56H54N4Si2/c1-35-21-23-57-33-55(35)59-51-19-17-39(37-11-9-13-43(25-37)61(3,4)5)27-47(51)49-29-41-15-16-42-30-50-48-28-40(38-12-10-14-44(26-38)62(6,7)8)18-20-52(48)60(56-34-58-24-22-36(56)2)54(50)32-46(42)45(41)31-53(49)59/h9-14,17,19,21-34H,15-16,18,20H2,1-8H3. The van der Waals surface area contributed by atoms with E-state index in [1.165, 1.54) is 116 Å². The van der Waals surface area contributed by atoms with Crippen molar-refractivity contribution >= 4 is 70.9 Å². The molecular weight excluding hydrogens is 785 g/mol. The van der Waals surface area contributed by atoms with Crippen LogP contribution in [0.15, 0.2) is 128 Å². The molecule has 2 aliphatic rings. The molecule has 0 atom stereocenters. The largest absolute Gasteiger partial charge is 0.311 e. The number of hydrogen-bond acceptors (Lipinski definition) is 2. The Morgan fingerprint density at radius 2 is 1.03 bits per heavy atom. The van der Waals surface area contributed by atoms with Crippen molar-refractivity contribution in [3.63, 3.8) is 0 Å². The topological polar surface area (TPSA) is 35.6 Å². The predicted molar refractivity (Wildman–Crippen MR) is 270 cm³/mol. The Hall–Kier alpha value is -6.09. The fraction of sp³-hybridized carbons (Fsp3) is 0.214. The molecule has 0 saturated heterocycles. The van der Waals surface area contributed by atoms with Gasteiger partial charge in [0.15, 0.2) is 0 Å². The van der Waals surface area contributed by atoms with Crippen LogP contribution in [0.1, 0.15) is 45.5 Å². The first-order valence-corrected chi connectivity index (χ1v) is 29.4. The Morgan fingerprint density at radius 1 is 0.484 bits per heavy atom. The first-order chi connectivity index (χ1) is 29.8. The van der Waals surface area contributed by atoms with Gasteiger partial charge in [0, 0.05) is 39.8 Å². The van der Waals surface area contributed by atoms with Gasteiger partial charge in [0.1, 0.15) is 0 Å². The molecule has 4 heterocycles. The summed E-state index contributed by atoms with van der Waals surface area (Å²) < 4.78 is 5.01. The second kappa shape index (κ2) is 14.2. The van der Waals surface area contributed by atoms with Gasteiger partial charge in [-0.1, -0.05) is 104 Å². The molecule has 0 radical (unpaired) electrons. The zero-order chi connectivity index (χ0) is 42.7. The van der Waals surface area contributed by atoms with E-state index in [4.69, 9.17) is 0 Å². The minimum atomic E-state index is -1.48. The zero-order valence-corrected chi connectivity index (χ0v) is 39.3. The van der Waals surface area contributed by atoms with Crippen molar-refractivity contribution in [2.45, 2.75) is 78.8 Å². The van der Waals surface area contributed by atoms with Crippen LogP contribution in [0.5, 0.6) is 0 Å². The van der Waals surface area contributed by atoms with Gasteiger partial charge in [-0.25, -0.2) is 0 Å². The summed E-state index contributed by atoms with van der Waals surface area (Å²) in [5.41, 5.74) is 22.1. The van der Waals surface area contributed by atoms with Crippen LogP contribution in [0.2, 0.25) is 39.3 Å². The Kier molecular flexibility index (Phi) is 8.91. The van der Waals surface area contributed by atoms with Gasteiger partial charge in [0.2, 0.25) is 0 Å². The predicted octanol–water partition coefficient (Wildman–Crippen LogP) is 13.1. The van der Waals surface area contributed by atoms with Gasteiger partial charge < -0.3 is 9.13 Å². The molecule has 5 aromatic carbocycles. The second-order valence-corrected chi connectivity index (χ2v) is 30.1. The molecule has 0 saturated carbocycles. The molecule has 11 rings (SSSR count). The van der Waals surface area contributed by atoms with Crippen LogP contribution >= 0.6 is 0 Å². The molecule has 0 aliphatic heterocycles. The fourth-order valence-corrected chi connectivity index (χ4v) is 12.7. The maximum Gasteiger partial charge on any atom is 0.0776 e. The van der Waals surface area contributed by atoms with Crippen LogP contribution in [0.25, 0.3) is 78.0 Å². The van der Waals surface area contributed by atoms with Crippen molar-refractivity contribution in [2.75, 3.05) is 0 Å². The summed E-state index contributed by atoms with van der Waals surface area (Å²) in [5.74, 6) is 0. The van der Waals surface area contributed by atoms with Gasteiger partial charge in [0.05, 0.1) is 56.5 Å². The Balaban J connectivity index is 1.14. The summed E-state index contributed by atoms with van der Waals surface area (Å²) >= 11 is 0. The molecule has 0 amide bonds. The van der Waals surface area contributed by atoms with Gasteiger partial charge in [-0.15, -0.1) is 0 Å². The van der Waals surface area contributed by atoms with Crippen molar-refractivity contribution in [3.8, 4) is 33.6 Å². The molecule has 62 heavy (non-hydrogen) atoms. The van der Waals surface area contributed by atoms with E-state index in [1.54, 1.807) is 0 Å². The van der Waals surface area contributed by atoms with Crippen molar-refractivity contribution in [2.24, 2.45) is 0 Å². The molecule has 2 aliphatic carbocycles. The van der Waals surface area contributed by atoms with Gasteiger partial charge in [-0.2, -0.15) is 0 Å². The molecule has 4 nitrogen and oxygen atoms in total. The molecule has 0 unspecified atom stereocenters. The lowest BCUT2D eigenvalue weighted by Gasteiger charge is -2.22. The quantitative estimate of drug-likeness (QED) is 0.156. The number of hydrogen-bond donors (Lipinski definition) is 0. The maximum atomic E-state index is 4.68. The van der Waals surface area contributed by atoms with E-state index >= 15 is 0 Å². The molecule has 0 bridgehead atoms. The van der Waals surface area contributed by atoms with E-state index < -0.39 is 16.1 Å². The lowest BCUT2D eigenvalue weighted by Crippen LogP contribution is -2.37. The second-order valence-electron chi connectivity index (χ2n) is 20.0. The maximum absolute atomic E-state index is 4.68. The highest BCUT2D eigenvalue weighted by Crippen LogP contribution is 2.46. The van der Waals surface area contributed by atoms with Crippen LogP contribution in [0.3, 0.4) is 0 Å². The zero-order valence-electron chi connectivity index (χ0n) is 37.3. The summed E-state index contributed by atoms with van der Waals surface area (Å²) in [7, 11) is -2.93. The number of benzene rings is 5. The Labute approximate surface area is 367 Å². The van der Waals surface area contributed by atoms with Crippen molar-refractivity contribution in [1.82, 2.24) is 19.1 Å². The number of allylic oxidation sites excluding steroid dienone is 1. The van der Waals surface area contributed by atoms with Gasteiger partial charge >= 0.3 is 0 Å². The highest BCUT2D eigenvalue weighted by atomic mass is 28.3. The first kappa shape index (κ1) is 38.8. The number of nitrogens with zero attached hydrogens (tertiary/aromatic N) is 4. The van der Waals surface area contributed by atoms with E-state index in [1.807, 2.05) is 18.6 Å².